The number of aryl methyl sites for hydroxylation is 1. The SMILES string of the molecule is CCOc1ccc(N(CCCC(=O)N(Cc2ccc(C)cc2)C(Cc2ccccc2)C(=O)NCC(C)C)S(C)(=O)=O)cc1. The molecular weight excluding hydrogens is 562 g/mol. The van der Waals surface area contributed by atoms with Crippen molar-refractivity contribution >= 4 is 27.5 Å². The van der Waals surface area contributed by atoms with Crippen LogP contribution in [0.25, 0.3) is 0 Å². The Kier molecular flexibility index (Phi) is 12.6. The summed E-state index contributed by atoms with van der Waals surface area (Å²) in [5, 5.41) is 3.03. The summed E-state index contributed by atoms with van der Waals surface area (Å²) in [6.45, 7) is 9.34. The van der Waals surface area contributed by atoms with Gasteiger partial charge in [-0.25, -0.2) is 8.42 Å². The summed E-state index contributed by atoms with van der Waals surface area (Å²) < 4.78 is 32.2. The summed E-state index contributed by atoms with van der Waals surface area (Å²) in [7, 11) is -3.60. The van der Waals surface area contributed by atoms with Crippen LogP contribution in [-0.2, 0) is 32.6 Å². The minimum atomic E-state index is -3.60. The molecule has 0 spiro atoms. The molecule has 1 unspecified atom stereocenters. The molecule has 9 heteroatoms. The normalized spacial score (nSPS) is 12.0. The van der Waals surface area contributed by atoms with Crippen LogP contribution in [0.3, 0.4) is 0 Å². The van der Waals surface area contributed by atoms with Gasteiger partial charge in [-0.15, -0.1) is 0 Å². The van der Waals surface area contributed by atoms with E-state index >= 15 is 0 Å². The van der Waals surface area contributed by atoms with Gasteiger partial charge in [-0.05, 0) is 61.6 Å². The highest BCUT2D eigenvalue weighted by Crippen LogP contribution is 2.23. The highest BCUT2D eigenvalue weighted by molar-refractivity contribution is 7.92. The zero-order valence-electron chi connectivity index (χ0n) is 26.0. The lowest BCUT2D eigenvalue weighted by Gasteiger charge is -2.32. The van der Waals surface area contributed by atoms with E-state index in [-0.39, 0.29) is 43.7 Å². The van der Waals surface area contributed by atoms with Crippen molar-refractivity contribution in [3.05, 3.63) is 95.6 Å². The molecule has 0 aliphatic heterocycles. The van der Waals surface area contributed by atoms with E-state index in [1.165, 1.54) is 4.31 Å². The molecule has 0 saturated carbocycles. The fourth-order valence-electron chi connectivity index (χ4n) is 4.75. The molecule has 0 radical (unpaired) electrons. The van der Waals surface area contributed by atoms with Gasteiger partial charge < -0.3 is 15.0 Å². The molecule has 0 saturated heterocycles. The van der Waals surface area contributed by atoms with Gasteiger partial charge in [-0.1, -0.05) is 74.0 Å². The first-order valence-corrected chi connectivity index (χ1v) is 16.7. The maximum Gasteiger partial charge on any atom is 0.243 e. The summed E-state index contributed by atoms with van der Waals surface area (Å²) in [5.74, 6) is 0.500. The Bertz CT molecular complexity index is 1410. The average molecular weight is 608 g/mol. The third-order valence-electron chi connectivity index (χ3n) is 7.02. The van der Waals surface area contributed by atoms with Crippen molar-refractivity contribution in [2.24, 2.45) is 5.92 Å². The first kappa shape index (κ1) is 33.6. The van der Waals surface area contributed by atoms with Crippen LogP contribution in [0, 0.1) is 12.8 Å². The molecule has 3 aromatic rings. The number of nitrogens with zero attached hydrogens (tertiary/aromatic N) is 2. The number of sulfonamides is 1. The van der Waals surface area contributed by atoms with Crippen molar-refractivity contribution in [2.45, 2.75) is 59.5 Å². The van der Waals surface area contributed by atoms with Gasteiger partial charge in [0.2, 0.25) is 21.8 Å². The van der Waals surface area contributed by atoms with E-state index in [0.717, 1.165) is 22.9 Å². The monoisotopic (exact) mass is 607 g/mol. The van der Waals surface area contributed by atoms with Crippen LogP contribution in [0.4, 0.5) is 5.69 Å². The Labute approximate surface area is 257 Å². The van der Waals surface area contributed by atoms with Crippen LogP contribution in [-0.4, -0.2) is 57.1 Å². The van der Waals surface area contributed by atoms with E-state index in [2.05, 4.69) is 5.32 Å². The number of carbonyl (C=O) groups is 2. The van der Waals surface area contributed by atoms with Crippen LogP contribution < -0.4 is 14.4 Å². The van der Waals surface area contributed by atoms with Crippen molar-refractivity contribution in [2.75, 3.05) is 30.3 Å². The van der Waals surface area contributed by atoms with Crippen molar-refractivity contribution in [3.8, 4) is 5.75 Å². The van der Waals surface area contributed by atoms with E-state index in [4.69, 9.17) is 4.74 Å². The fraction of sp³-hybridized carbons (Fsp3) is 0.412. The molecule has 1 N–H and O–H groups in total. The highest BCUT2D eigenvalue weighted by atomic mass is 32.2. The van der Waals surface area contributed by atoms with Crippen LogP contribution in [0.2, 0.25) is 0 Å². The molecule has 0 aromatic heterocycles. The van der Waals surface area contributed by atoms with Crippen molar-refractivity contribution in [3.63, 3.8) is 0 Å². The second-order valence-corrected chi connectivity index (χ2v) is 13.1. The number of ether oxygens (including phenoxy) is 1. The lowest BCUT2D eigenvalue weighted by molar-refractivity contribution is -0.141. The number of nitrogens with one attached hydrogen (secondary N) is 1. The quantitative estimate of drug-likeness (QED) is 0.237. The predicted molar refractivity (Wildman–Crippen MR) is 173 cm³/mol. The van der Waals surface area contributed by atoms with E-state index in [0.29, 0.717) is 31.0 Å². The van der Waals surface area contributed by atoms with Crippen LogP contribution in [0.5, 0.6) is 5.75 Å². The van der Waals surface area contributed by atoms with Gasteiger partial charge in [0.15, 0.2) is 0 Å². The second kappa shape index (κ2) is 16.1. The topological polar surface area (TPSA) is 96.0 Å². The predicted octanol–water partition coefficient (Wildman–Crippen LogP) is 5.35. The molecule has 0 aliphatic carbocycles. The Balaban J connectivity index is 1.85. The van der Waals surface area contributed by atoms with Crippen LogP contribution in [0.1, 0.15) is 50.3 Å². The largest absolute Gasteiger partial charge is 0.494 e. The molecule has 0 heterocycles. The molecule has 43 heavy (non-hydrogen) atoms. The summed E-state index contributed by atoms with van der Waals surface area (Å²) >= 11 is 0. The second-order valence-electron chi connectivity index (χ2n) is 11.2. The van der Waals surface area contributed by atoms with Crippen molar-refractivity contribution in [1.82, 2.24) is 10.2 Å². The van der Waals surface area contributed by atoms with Gasteiger partial charge in [0, 0.05) is 32.5 Å². The number of benzene rings is 3. The van der Waals surface area contributed by atoms with Gasteiger partial charge in [-0.3, -0.25) is 13.9 Å². The molecule has 232 valence electrons. The molecule has 8 nitrogen and oxygen atoms in total. The Morgan fingerprint density at radius 1 is 0.907 bits per heavy atom. The zero-order valence-corrected chi connectivity index (χ0v) is 26.8. The lowest BCUT2D eigenvalue weighted by atomic mass is 10.0. The van der Waals surface area contributed by atoms with Gasteiger partial charge >= 0.3 is 0 Å². The summed E-state index contributed by atoms with van der Waals surface area (Å²) in [6, 6.07) is 23.7. The molecule has 3 aromatic carbocycles. The Morgan fingerprint density at radius 3 is 2.14 bits per heavy atom. The van der Waals surface area contributed by atoms with Crippen LogP contribution >= 0.6 is 0 Å². The number of amides is 2. The van der Waals surface area contributed by atoms with Crippen molar-refractivity contribution < 1.29 is 22.7 Å². The lowest BCUT2D eigenvalue weighted by Crippen LogP contribution is -2.51. The van der Waals surface area contributed by atoms with E-state index < -0.39 is 16.1 Å². The van der Waals surface area contributed by atoms with Gasteiger partial charge in [0.05, 0.1) is 18.6 Å². The molecule has 0 bridgehead atoms. The maximum atomic E-state index is 13.9. The average Bonchev–Trinajstić information content (AvgIpc) is 2.97. The summed E-state index contributed by atoms with van der Waals surface area (Å²) in [5.41, 5.74) is 3.48. The number of rotatable bonds is 16. The Hall–Kier alpha value is -3.85. The molecule has 3 rings (SSSR count). The highest BCUT2D eigenvalue weighted by Gasteiger charge is 2.30. The summed E-state index contributed by atoms with van der Waals surface area (Å²) in [6.07, 6.45) is 1.89. The number of anilines is 1. The maximum absolute atomic E-state index is 13.9. The molecule has 0 aliphatic rings. The van der Waals surface area contributed by atoms with Gasteiger partial charge in [0.25, 0.3) is 0 Å². The smallest absolute Gasteiger partial charge is 0.243 e. The molecule has 0 fully saturated rings. The molecular formula is C34H45N3O5S. The minimum absolute atomic E-state index is 0.0810. The first-order chi connectivity index (χ1) is 20.5. The Morgan fingerprint density at radius 2 is 1.56 bits per heavy atom. The fourth-order valence-corrected chi connectivity index (χ4v) is 5.71. The van der Waals surface area contributed by atoms with Crippen LogP contribution in [0.15, 0.2) is 78.9 Å². The third-order valence-corrected chi connectivity index (χ3v) is 8.21. The van der Waals surface area contributed by atoms with E-state index in [1.807, 2.05) is 82.3 Å². The third kappa shape index (κ3) is 10.7. The molecule has 2 amide bonds. The van der Waals surface area contributed by atoms with Gasteiger partial charge in [-0.2, -0.15) is 0 Å². The number of hydrogen-bond donors (Lipinski definition) is 1. The van der Waals surface area contributed by atoms with E-state index in [1.54, 1.807) is 29.2 Å². The summed E-state index contributed by atoms with van der Waals surface area (Å²) in [4.78, 5) is 29.2. The number of hydrogen-bond acceptors (Lipinski definition) is 5. The number of carbonyl (C=O) groups excluding carboxylic acids is 2. The standard InChI is InChI=1S/C34H45N3O5S/c1-6-42-31-20-18-30(19-21-31)37(43(5,40)41)22-10-13-33(38)36(25-29-16-14-27(4)15-17-29)32(34(39)35-24-26(2)3)23-28-11-8-7-9-12-28/h7-9,11-12,14-21,26,32H,6,10,13,22-25H2,1-5H3,(H,35,39). The zero-order chi connectivity index (χ0) is 31.4. The minimum Gasteiger partial charge on any atom is -0.494 e. The van der Waals surface area contributed by atoms with Crippen molar-refractivity contribution in [1.29, 1.82) is 0 Å². The first-order valence-electron chi connectivity index (χ1n) is 14.8. The van der Waals surface area contributed by atoms with Gasteiger partial charge in [0.1, 0.15) is 11.8 Å². The molecule has 1 atom stereocenters. The van der Waals surface area contributed by atoms with E-state index in [9.17, 15) is 18.0 Å².